The summed E-state index contributed by atoms with van der Waals surface area (Å²) < 4.78 is 29.4. The van der Waals surface area contributed by atoms with E-state index >= 15 is 0 Å². The van der Waals surface area contributed by atoms with E-state index in [0.29, 0.717) is 18.8 Å². The van der Waals surface area contributed by atoms with Crippen molar-refractivity contribution in [1.82, 2.24) is 9.62 Å². The van der Waals surface area contributed by atoms with Gasteiger partial charge in [0.15, 0.2) is 0 Å². The Labute approximate surface area is 144 Å². The standard InChI is InChI=1S/C18H23N3O2S/c1-15-9-10-18-16(13-15)14-20(12-6-11-19-2)24(22,23)21(18)17-7-4-3-5-8-17/h3-5,7-10,13,19H,6,11-12,14H2,1-2H3. The van der Waals surface area contributed by atoms with Gasteiger partial charge in [0.25, 0.3) is 0 Å². The maximum Gasteiger partial charge on any atom is 0.308 e. The van der Waals surface area contributed by atoms with Gasteiger partial charge in [0.1, 0.15) is 0 Å². The van der Waals surface area contributed by atoms with Gasteiger partial charge < -0.3 is 5.32 Å². The zero-order valence-electron chi connectivity index (χ0n) is 14.1. The van der Waals surface area contributed by atoms with Gasteiger partial charge >= 0.3 is 10.2 Å². The molecule has 6 heteroatoms. The molecule has 1 heterocycles. The first-order valence-electron chi connectivity index (χ1n) is 8.13. The van der Waals surface area contributed by atoms with Crippen molar-refractivity contribution in [3.63, 3.8) is 0 Å². The Morgan fingerprint density at radius 1 is 1.12 bits per heavy atom. The zero-order valence-corrected chi connectivity index (χ0v) is 14.9. The molecule has 0 bridgehead atoms. The molecule has 2 aromatic carbocycles. The molecule has 5 nitrogen and oxygen atoms in total. The van der Waals surface area contributed by atoms with Crippen LogP contribution in [0.1, 0.15) is 17.5 Å². The van der Waals surface area contributed by atoms with E-state index in [1.165, 1.54) is 4.31 Å². The van der Waals surface area contributed by atoms with Crippen LogP contribution in [0.15, 0.2) is 48.5 Å². The van der Waals surface area contributed by atoms with Crippen LogP contribution in [0.25, 0.3) is 0 Å². The minimum Gasteiger partial charge on any atom is -0.320 e. The summed E-state index contributed by atoms with van der Waals surface area (Å²) in [5, 5.41) is 3.07. The SMILES string of the molecule is CNCCCN1Cc2cc(C)ccc2N(c2ccccc2)S1(=O)=O. The van der Waals surface area contributed by atoms with Crippen molar-refractivity contribution in [3.8, 4) is 0 Å². The number of rotatable bonds is 5. The molecule has 0 aliphatic carbocycles. The number of aryl methyl sites for hydroxylation is 1. The van der Waals surface area contributed by atoms with Crippen molar-refractivity contribution in [2.24, 2.45) is 0 Å². The largest absolute Gasteiger partial charge is 0.320 e. The maximum absolute atomic E-state index is 13.2. The number of hydrogen-bond donors (Lipinski definition) is 1. The molecule has 0 amide bonds. The lowest BCUT2D eigenvalue weighted by Gasteiger charge is -2.37. The fraction of sp³-hybridized carbons (Fsp3) is 0.333. The molecule has 0 spiro atoms. The summed E-state index contributed by atoms with van der Waals surface area (Å²) >= 11 is 0. The van der Waals surface area contributed by atoms with Crippen molar-refractivity contribution >= 4 is 21.6 Å². The fourth-order valence-electron chi connectivity index (χ4n) is 3.01. The van der Waals surface area contributed by atoms with E-state index in [2.05, 4.69) is 11.4 Å². The third-order valence-electron chi connectivity index (χ3n) is 4.18. The quantitative estimate of drug-likeness (QED) is 0.848. The van der Waals surface area contributed by atoms with E-state index in [4.69, 9.17) is 0 Å². The first kappa shape index (κ1) is 17.0. The minimum absolute atomic E-state index is 0.423. The predicted octanol–water partition coefficient (Wildman–Crippen LogP) is 2.80. The Morgan fingerprint density at radius 2 is 1.88 bits per heavy atom. The van der Waals surface area contributed by atoms with E-state index in [0.717, 1.165) is 29.8 Å². The number of nitrogens with one attached hydrogen (secondary N) is 1. The van der Waals surface area contributed by atoms with Gasteiger partial charge in [-0.25, -0.2) is 4.31 Å². The number of benzene rings is 2. The molecule has 0 radical (unpaired) electrons. The first-order chi connectivity index (χ1) is 11.5. The summed E-state index contributed by atoms with van der Waals surface area (Å²) in [6.45, 7) is 3.74. The van der Waals surface area contributed by atoms with Gasteiger partial charge in [-0.15, -0.1) is 0 Å². The lowest BCUT2D eigenvalue weighted by Crippen LogP contribution is -2.46. The highest BCUT2D eigenvalue weighted by molar-refractivity contribution is 7.90. The molecule has 0 fully saturated rings. The molecule has 24 heavy (non-hydrogen) atoms. The number of nitrogens with zero attached hydrogens (tertiary/aromatic N) is 2. The van der Waals surface area contributed by atoms with Crippen LogP contribution < -0.4 is 9.62 Å². The third-order valence-corrected chi connectivity index (χ3v) is 6.02. The van der Waals surface area contributed by atoms with E-state index in [-0.39, 0.29) is 0 Å². The summed E-state index contributed by atoms with van der Waals surface area (Å²) in [7, 11) is -1.71. The van der Waals surface area contributed by atoms with Crippen LogP contribution in [-0.4, -0.2) is 32.9 Å². The molecule has 0 atom stereocenters. The third kappa shape index (κ3) is 3.17. The fourth-order valence-corrected chi connectivity index (χ4v) is 4.72. The minimum atomic E-state index is -3.59. The number of fused-ring (bicyclic) bond motifs is 1. The normalized spacial score (nSPS) is 16.8. The van der Waals surface area contributed by atoms with E-state index < -0.39 is 10.2 Å². The van der Waals surface area contributed by atoms with Gasteiger partial charge in [0.05, 0.1) is 11.4 Å². The average molecular weight is 345 g/mol. The molecular weight excluding hydrogens is 322 g/mol. The molecule has 0 saturated heterocycles. The number of anilines is 2. The monoisotopic (exact) mass is 345 g/mol. The number of hydrogen-bond acceptors (Lipinski definition) is 3. The molecular formula is C18H23N3O2S. The molecule has 0 aromatic heterocycles. The van der Waals surface area contributed by atoms with Gasteiger partial charge in [-0.1, -0.05) is 35.9 Å². The zero-order chi connectivity index (χ0) is 17.2. The average Bonchev–Trinajstić information content (AvgIpc) is 2.56. The van der Waals surface area contributed by atoms with Crippen LogP contribution in [0.2, 0.25) is 0 Å². The summed E-state index contributed by atoms with van der Waals surface area (Å²) in [4.78, 5) is 0. The lowest BCUT2D eigenvalue weighted by atomic mass is 10.1. The molecule has 0 unspecified atom stereocenters. The Balaban J connectivity index is 2.07. The Morgan fingerprint density at radius 3 is 2.58 bits per heavy atom. The van der Waals surface area contributed by atoms with Gasteiger partial charge in [0.2, 0.25) is 0 Å². The highest BCUT2D eigenvalue weighted by atomic mass is 32.2. The first-order valence-corrected chi connectivity index (χ1v) is 9.53. The second-order valence-electron chi connectivity index (χ2n) is 6.03. The van der Waals surface area contributed by atoms with Gasteiger partial charge in [-0.2, -0.15) is 12.7 Å². The summed E-state index contributed by atoms with van der Waals surface area (Å²) in [5.74, 6) is 0. The topological polar surface area (TPSA) is 52.6 Å². The highest BCUT2D eigenvalue weighted by Gasteiger charge is 2.37. The smallest absolute Gasteiger partial charge is 0.308 e. The Bertz CT molecular complexity index is 806. The predicted molar refractivity (Wildman–Crippen MR) is 97.6 cm³/mol. The molecule has 1 aliphatic heterocycles. The van der Waals surface area contributed by atoms with Gasteiger partial charge in [-0.05, 0) is 50.7 Å². The second kappa shape index (κ2) is 6.93. The van der Waals surface area contributed by atoms with Crippen molar-refractivity contribution in [1.29, 1.82) is 0 Å². The molecule has 1 N–H and O–H groups in total. The molecule has 1 aliphatic rings. The van der Waals surface area contributed by atoms with Crippen LogP contribution >= 0.6 is 0 Å². The van der Waals surface area contributed by atoms with Crippen LogP contribution in [0, 0.1) is 6.92 Å². The maximum atomic E-state index is 13.2. The van der Waals surface area contributed by atoms with Gasteiger partial charge in [0, 0.05) is 13.1 Å². The molecule has 128 valence electrons. The molecule has 2 aromatic rings. The number of para-hydroxylation sites is 1. The molecule has 3 rings (SSSR count). The Kier molecular flexibility index (Phi) is 4.89. The van der Waals surface area contributed by atoms with Gasteiger partial charge in [-0.3, -0.25) is 0 Å². The highest BCUT2D eigenvalue weighted by Crippen LogP contribution is 2.38. The van der Waals surface area contributed by atoms with Crippen molar-refractivity contribution in [2.75, 3.05) is 24.4 Å². The van der Waals surface area contributed by atoms with Crippen molar-refractivity contribution in [2.45, 2.75) is 19.9 Å². The van der Waals surface area contributed by atoms with E-state index in [9.17, 15) is 8.42 Å². The second-order valence-corrected chi connectivity index (χ2v) is 7.81. The summed E-state index contributed by atoms with van der Waals surface area (Å²) in [6, 6.07) is 15.2. The summed E-state index contributed by atoms with van der Waals surface area (Å²) in [5.41, 5.74) is 3.59. The van der Waals surface area contributed by atoms with E-state index in [1.807, 2.05) is 56.4 Å². The van der Waals surface area contributed by atoms with Crippen LogP contribution in [0.5, 0.6) is 0 Å². The van der Waals surface area contributed by atoms with Crippen LogP contribution in [0.3, 0.4) is 0 Å². The van der Waals surface area contributed by atoms with Crippen LogP contribution in [0.4, 0.5) is 11.4 Å². The molecule has 0 saturated carbocycles. The summed E-state index contributed by atoms with van der Waals surface area (Å²) in [6.07, 6.45) is 0.777. The van der Waals surface area contributed by atoms with Crippen LogP contribution in [-0.2, 0) is 16.8 Å². The van der Waals surface area contributed by atoms with Crippen molar-refractivity contribution in [3.05, 3.63) is 59.7 Å². The lowest BCUT2D eigenvalue weighted by molar-refractivity contribution is 0.392. The van der Waals surface area contributed by atoms with Crippen molar-refractivity contribution < 1.29 is 8.42 Å². The van der Waals surface area contributed by atoms with E-state index in [1.54, 1.807) is 4.31 Å². The Hall–Kier alpha value is -1.89.